The molecule has 0 aliphatic heterocycles. The molecule has 0 atom stereocenters. The number of carboxylic acids is 1. The smallest absolute Gasteiger partial charge is 0.328 e. The number of ether oxygens (including phenoxy) is 1. The zero-order valence-corrected chi connectivity index (χ0v) is 10.8. The molecule has 5 heteroatoms. The summed E-state index contributed by atoms with van der Waals surface area (Å²) in [6, 6.07) is 7.35. The molecule has 2 heterocycles. The lowest BCUT2D eigenvalue weighted by Gasteiger charge is -2.05. The van der Waals surface area contributed by atoms with Gasteiger partial charge in [-0.3, -0.25) is 9.97 Å². The molecule has 0 radical (unpaired) electrons. The molecule has 0 unspecified atom stereocenters. The van der Waals surface area contributed by atoms with Crippen molar-refractivity contribution in [2.45, 2.75) is 6.42 Å². The second kappa shape index (κ2) is 7.04. The quantitative estimate of drug-likeness (QED) is 0.815. The molecular weight excluding hydrogens is 256 g/mol. The maximum atomic E-state index is 10.4. The van der Waals surface area contributed by atoms with E-state index in [0.29, 0.717) is 18.1 Å². The highest BCUT2D eigenvalue weighted by atomic mass is 16.5. The van der Waals surface area contributed by atoms with Crippen LogP contribution in [0.5, 0.6) is 5.75 Å². The molecule has 0 amide bonds. The molecule has 2 rings (SSSR count). The molecule has 2 aromatic heterocycles. The van der Waals surface area contributed by atoms with Crippen molar-refractivity contribution in [3.63, 3.8) is 0 Å². The molecule has 20 heavy (non-hydrogen) atoms. The number of aromatic nitrogens is 2. The average molecular weight is 270 g/mol. The summed E-state index contributed by atoms with van der Waals surface area (Å²) in [5.41, 5.74) is 1.69. The Balaban J connectivity index is 1.83. The molecule has 0 spiro atoms. The van der Waals surface area contributed by atoms with Crippen LogP contribution in [0.4, 0.5) is 0 Å². The number of carboxylic acid groups (broad SMARTS) is 1. The molecular formula is C15H14N2O3. The number of hydrogen-bond donors (Lipinski definition) is 1. The average Bonchev–Trinajstić information content (AvgIpc) is 2.47. The van der Waals surface area contributed by atoms with Gasteiger partial charge in [-0.25, -0.2) is 4.79 Å². The lowest BCUT2D eigenvalue weighted by Crippen LogP contribution is -2.01. The van der Waals surface area contributed by atoms with Crippen molar-refractivity contribution in [1.82, 2.24) is 9.97 Å². The summed E-state index contributed by atoms with van der Waals surface area (Å²) in [4.78, 5) is 18.5. The van der Waals surface area contributed by atoms with Crippen LogP contribution in [0.1, 0.15) is 11.3 Å². The Labute approximate surface area is 116 Å². The highest BCUT2D eigenvalue weighted by molar-refractivity contribution is 5.84. The third-order valence-corrected chi connectivity index (χ3v) is 2.54. The minimum Gasteiger partial charge on any atom is -0.492 e. The zero-order chi connectivity index (χ0) is 14.2. The summed E-state index contributed by atoms with van der Waals surface area (Å²) in [6.07, 6.45) is 8.37. The van der Waals surface area contributed by atoms with Crippen LogP contribution >= 0.6 is 0 Å². The summed E-state index contributed by atoms with van der Waals surface area (Å²) in [7, 11) is 0. The number of nitrogens with zero attached hydrogens (tertiary/aromatic N) is 2. The fourth-order valence-electron chi connectivity index (χ4n) is 1.57. The Morgan fingerprint density at radius 1 is 1.30 bits per heavy atom. The van der Waals surface area contributed by atoms with Crippen LogP contribution in [-0.2, 0) is 11.2 Å². The molecule has 0 aliphatic rings. The van der Waals surface area contributed by atoms with E-state index in [9.17, 15) is 4.79 Å². The predicted octanol–water partition coefficient (Wildman–Crippen LogP) is 2.20. The van der Waals surface area contributed by atoms with Crippen molar-refractivity contribution in [3.05, 3.63) is 60.2 Å². The first-order valence-electron chi connectivity index (χ1n) is 6.13. The van der Waals surface area contributed by atoms with E-state index in [4.69, 9.17) is 9.84 Å². The van der Waals surface area contributed by atoms with Crippen LogP contribution in [0, 0.1) is 0 Å². The Kier molecular flexibility index (Phi) is 4.83. The second-order valence-electron chi connectivity index (χ2n) is 4.05. The van der Waals surface area contributed by atoms with E-state index in [1.54, 1.807) is 30.7 Å². The number of pyridine rings is 2. The normalized spacial score (nSPS) is 10.6. The van der Waals surface area contributed by atoms with Crippen LogP contribution in [0.15, 0.2) is 48.9 Å². The Morgan fingerprint density at radius 2 is 2.20 bits per heavy atom. The van der Waals surface area contributed by atoms with Crippen molar-refractivity contribution in [2.75, 3.05) is 6.61 Å². The van der Waals surface area contributed by atoms with Gasteiger partial charge in [0.05, 0.1) is 18.5 Å². The first-order valence-corrected chi connectivity index (χ1v) is 6.13. The van der Waals surface area contributed by atoms with Gasteiger partial charge in [-0.1, -0.05) is 6.07 Å². The number of rotatable bonds is 6. The highest BCUT2D eigenvalue weighted by Crippen LogP contribution is 2.10. The van der Waals surface area contributed by atoms with Gasteiger partial charge in [0.25, 0.3) is 0 Å². The Morgan fingerprint density at radius 3 is 2.85 bits per heavy atom. The largest absolute Gasteiger partial charge is 0.492 e. The van der Waals surface area contributed by atoms with Crippen LogP contribution < -0.4 is 4.74 Å². The molecule has 0 bridgehead atoms. The molecule has 0 aliphatic carbocycles. The van der Waals surface area contributed by atoms with Gasteiger partial charge in [0.1, 0.15) is 5.75 Å². The van der Waals surface area contributed by atoms with E-state index in [1.807, 2.05) is 12.1 Å². The third kappa shape index (κ3) is 4.53. The van der Waals surface area contributed by atoms with E-state index in [1.165, 1.54) is 6.08 Å². The molecule has 0 aromatic carbocycles. The molecule has 102 valence electrons. The monoisotopic (exact) mass is 270 g/mol. The van der Waals surface area contributed by atoms with E-state index < -0.39 is 5.97 Å². The van der Waals surface area contributed by atoms with Gasteiger partial charge in [-0.2, -0.15) is 0 Å². The topological polar surface area (TPSA) is 72.3 Å². The fraction of sp³-hybridized carbons (Fsp3) is 0.133. The van der Waals surface area contributed by atoms with Gasteiger partial charge in [0.15, 0.2) is 0 Å². The summed E-state index contributed by atoms with van der Waals surface area (Å²) in [5.74, 6) is -0.343. The highest BCUT2D eigenvalue weighted by Gasteiger charge is 1.97. The van der Waals surface area contributed by atoms with Gasteiger partial charge in [-0.15, -0.1) is 0 Å². The summed E-state index contributed by atoms with van der Waals surface area (Å²) in [6.45, 7) is 0.539. The fourth-order valence-corrected chi connectivity index (χ4v) is 1.57. The van der Waals surface area contributed by atoms with Crippen molar-refractivity contribution in [1.29, 1.82) is 0 Å². The SMILES string of the molecule is O=C(O)C=Cc1ccc(OCCc2cccnc2)cn1. The van der Waals surface area contributed by atoms with Crippen molar-refractivity contribution < 1.29 is 14.6 Å². The maximum Gasteiger partial charge on any atom is 0.328 e. The van der Waals surface area contributed by atoms with Crippen LogP contribution in [0.2, 0.25) is 0 Å². The van der Waals surface area contributed by atoms with Crippen LogP contribution in [-0.4, -0.2) is 27.7 Å². The van der Waals surface area contributed by atoms with Gasteiger partial charge < -0.3 is 9.84 Å². The van der Waals surface area contributed by atoms with E-state index in [-0.39, 0.29) is 0 Å². The standard InChI is InChI=1S/C15H14N2O3/c18-15(19)6-4-13-3-5-14(11-17-13)20-9-7-12-2-1-8-16-10-12/h1-6,8,10-11H,7,9H2,(H,18,19). The third-order valence-electron chi connectivity index (χ3n) is 2.54. The van der Waals surface area contributed by atoms with Gasteiger partial charge in [0, 0.05) is 24.9 Å². The summed E-state index contributed by atoms with van der Waals surface area (Å²) >= 11 is 0. The van der Waals surface area contributed by atoms with Crippen LogP contribution in [0.3, 0.4) is 0 Å². The second-order valence-corrected chi connectivity index (χ2v) is 4.05. The van der Waals surface area contributed by atoms with Gasteiger partial charge in [0.2, 0.25) is 0 Å². The molecule has 2 aromatic rings. The van der Waals surface area contributed by atoms with E-state index in [2.05, 4.69) is 9.97 Å². The first kappa shape index (κ1) is 13.7. The predicted molar refractivity (Wildman–Crippen MR) is 74.3 cm³/mol. The van der Waals surface area contributed by atoms with Crippen molar-refractivity contribution >= 4 is 12.0 Å². The van der Waals surface area contributed by atoms with Crippen LogP contribution in [0.25, 0.3) is 6.08 Å². The molecule has 5 nitrogen and oxygen atoms in total. The number of carbonyl (C=O) groups is 1. The van der Waals surface area contributed by atoms with Gasteiger partial charge >= 0.3 is 5.97 Å². The minimum atomic E-state index is -0.997. The summed E-state index contributed by atoms with van der Waals surface area (Å²) in [5, 5.41) is 8.51. The van der Waals surface area contributed by atoms with Crippen molar-refractivity contribution in [2.24, 2.45) is 0 Å². The Hall–Kier alpha value is -2.69. The minimum absolute atomic E-state index is 0.539. The Bertz CT molecular complexity index is 580. The molecule has 0 saturated heterocycles. The van der Waals surface area contributed by atoms with Gasteiger partial charge in [-0.05, 0) is 29.8 Å². The maximum absolute atomic E-state index is 10.4. The number of aliphatic carboxylic acids is 1. The van der Waals surface area contributed by atoms with Crippen molar-refractivity contribution in [3.8, 4) is 5.75 Å². The first-order chi connectivity index (χ1) is 9.74. The van der Waals surface area contributed by atoms with E-state index >= 15 is 0 Å². The lowest BCUT2D eigenvalue weighted by molar-refractivity contribution is -0.131. The number of hydrogen-bond acceptors (Lipinski definition) is 4. The lowest BCUT2D eigenvalue weighted by atomic mass is 10.2. The molecule has 0 fully saturated rings. The zero-order valence-electron chi connectivity index (χ0n) is 10.8. The molecule has 0 saturated carbocycles. The summed E-state index contributed by atoms with van der Waals surface area (Å²) < 4.78 is 5.56. The van der Waals surface area contributed by atoms with E-state index in [0.717, 1.165) is 18.1 Å². The molecule has 1 N–H and O–H groups in total.